The van der Waals surface area contributed by atoms with E-state index in [1.54, 1.807) is 12.1 Å². The minimum Gasteiger partial charge on any atom is -0.394 e. The number of aryl methyl sites for hydroxylation is 1. The average Bonchev–Trinajstić information content (AvgIpc) is 2.80. The monoisotopic (exact) mass is 438 g/mol. The van der Waals surface area contributed by atoms with E-state index in [1.165, 1.54) is 12.1 Å². The van der Waals surface area contributed by atoms with E-state index in [0.29, 0.717) is 12.0 Å². The van der Waals surface area contributed by atoms with Crippen molar-refractivity contribution in [3.8, 4) is 11.1 Å². The Hall–Kier alpha value is -2.61. The Morgan fingerprint density at radius 2 is 1.44 bits per heavy atom. The summed E-state index contributed by atoms with van der Waals surface area (Å²) in [5.74, 6) is -0.264. The van der Waals surface area contributed by atoms with Gasteiger partial charge in [0.15, 0.2) is 0 Å². The van der Waals surface area contributed by atoms with Crippen molar-refractivity contribution in [2.45, 2.75) is 43.9 Å². The van der Waals surface area contributed by atoms with Gasteiger partial charge in [0.25, 0.3) is 0 Å². The standard InChI is InChI=1S/C26H27FO5/c1-15-2-5-19(26-25(31)24(30)23(29)22(14-28)32-26)13-20(15)12-16-3-6-17(7-4-16)18-8-10-21(27)11-9-18/h2-11,13,22-26,28-31H,12,14H2,1H3/t22-,23-,24+,25-,26+/m1/s1. The molecule has 32 heavy (non-hydrogen) atoms. The Labute approximate surface area is 186 Å². The highest BCUT2D eigenvalue weighted by atomic mass is 19.1. The van der Waals surface area contributed by atoms with Crippen LogP contribution in [0.2, 0.25) is 0 Å². The van der Waals surface area contributed by atoms with Gasteiger partial charge in [-0.25, -0.2) is 4.39 Å². The summed E-state index contributed by atoms with van der Waals surface area (Å²) in [6.45, 7) is 1.54. The molecular weight excluding hydrogens is 411 g/mol. The van der Waals surface area contributed by atoms with Gasteiger partial charge in [-0.1, -0.05) is 54.6 Å². The van der Waals surface area contributed by atoms with Crippen LogP contribution in [-0.2, 0) is 11.2 Å². The number of halogens is 1. The number of rotatable bonds is 5. The zero-order valence-electron chi connectivity index (χ0n) is 17.7. The zero-order chi connectivity index (χ0) is 22.8. The van der Waals surface area contributed by atoms with Crippen molar-refractivity contribution in [1.29, 1.82) is 0 Å². The molecule has 1 aliphatic heterocycles. The highest BCUT2D eigenvalue weighted by Gasteiger charge is 2.43. The van der Waals surface area contributed by atoms with Crippen molar-refractivity contribution in [2.24, 2.45) is 0 Å². The molecule has 6 heteroatoms. The number of ether oxygens (including phenoxy) is 1. The van der Waals surface area contributed by atoms with E-state index in [-0.39, 0.29) is 5.82 Å². The molecule has 0 aliphatic carbocycles. The van der Waals surface area contributed by atoms with Crippen LogP contribution in [0.4, 0.5) is 4.39 Å². The van der Waals surface area contributed by atoms with Gasteiger partial charge in [-0.05, 0) is 58.9 Å². The number of aliphatic hydroxyl groups excluding tert-OH is 4. The third kappa shape index (κ3) is 4.60. The van der Waals surface area contributed by atoms with Gasteiger partial charge in [0.05, 0.1) is 6.61 Å². The Kier molecular flexibility index (Phi) is 6.69. The minimum atomic E-state index is -1.41. The minimum absolute atomic E-state index is 0.264. The summed E-state index contributed by atoms with van der Waals surface area (Å²) in [5.41, 5.74) is 5.81. The molecular formula is C26H27FO5. The predicted octanol–water partition coefficient (Wildman–Crippen LogP) is 2.91. The van der Waals surface area contributed by atoms with Crippen LogP contribution < -0.4 is 0 Å². The van der Waals surface area contributed by atoms with E-state index >= 15 is 0 Å². The molecule has 5 nitrogen and oxygen atoms in total. The van der Waals surface area contributed by atoms with Gasteiger partial charge in [0, 0.05) is 0 Å². The SMILES string of the molecule is Cc1ccc([C@@H]2O[C@H](CO)[C@@H](O)[C@H](O)[C@H]2O)cc1Cc1ccc(-c2ccc(F)cc2)cc1. The van der Waals surface area contributed by atoms with Crippen molar-refractivity contribution in [3.05, 3.63) is 94.8 Å². The molecule has 1 fully saturated rings. The first kappa shape index (κ1) is 22.6. The van der Waals surface area contributed by atoms with E-state index in [2.05, 4.69) is 0 Å². The second kappa shape index (κ2) is 9.48. The lowest BCUT2D eigenvalue weighted by Gasteiger charge is -2.40. The fourth-order valence-corrected chi connectivity index (χ4v) is 4.11. The topological polar surface area (TPSA) is 90.2 Å². The Bertz CT molecular complexity index is 1050. The lowest BCUT2D eigenvalue weighted by molar-refractivity contribution is -0.231. The van der Waals surface area contributed by atoms with Crippen LogP contribution in [0.5, 0.6) is 0 Å². The second-order valence-corrected chi connectivity index (χ2v) is 8.32. The summed E-state index contributed by atoms with van der Waals surface area (Å²) in [7, 11) is 0. The maximum Gasteiger partial charge on any atom is 0.123 e. The van der Waals surface area contributed by atoms with Crippen LogP contribution in [0.15, 0.2) is 66.7 Å². The molecule has 0 amide bonds. The van der Waals surface area contributed by atoms with Crippen molar-refractivity contribution < 1.29 is 29.6 Å². The molecule has 0 unspecified atom stereocenters. The summed E-state index contributed by atoms with van der Waals surface area (Å²) in [6.07, 6.45) is -5.24. The molecule has 4 rings (SSSR count). The predicted molar refractivity (Wildman–Crippen MR) is 119 cm³/mol. The van der Waals surface area contributed by atoms with Crippen LogP contribution in [0.1, 0.15) is 28.4 Å². The lowest BCUT2D eigenvalue weighted by atomic mass is 9.89. The van der Waals surface area contributed by atoms with Crippen LogP contribution in [0.3, 0.4) is 0 Å². The molecule has 0 radical (unpaired) electrons. The Morgan fingerprint density at radius 3 is 2.06 bits per heavy atom. The van der Waals surface area contributed by atoms with Crippen molar-refractivity contribution in [3.63, 3.8) is 0 Å². The van der Waals surface area contributed by atoms with Crippen molar-refractivity contribution in [1.82, 2.24) is 0 Å². The summed E-state index contributed by atoms with van der Waals surface area (Å²) in [6, 6.07) is 20.1. The summed E-state index contributed by atoms with van der Waals surface area (Å²) in [4.78, 5) is 0. The molecule has 3 aromatic carbocycles. The molecule has 1 aliphatic rings. The fourth-order valence-electron chi connectivity index (χ4n) is 4.11. The maximum absolute atomic E-state index is 13.2. The van der Waals surface area contributed by atoms with Crippen LogP contribution in [0, 0.1) is 12.7 Å². The molecule has 4 N–H and O–H groups in total. The van der Waals surface area contributed by atoms with E-state index in [9.17, 15) is 24.8 Å². The van der Waals surface area contributed by atoms with Crippen molar-refractivity contribution in [2.75, 3.05) is 6.61 Å². The maximum atomic E-state index is 13.2. The van der Waals surface area contributed by atoms with Gasteiger partial charge in [-0.15, -0.1) is 0 Å². The zero-order valence-corrected chi connectivity index (χ0v) is 17.7. The van der Waals surface area contributed by atoms with Gasteiger partial charge in [0.2, 0.25) is 0 Å². The largest absolute Gasteiger partial charge is 0.394 e. The highest BCUT2D eigenvalue weighted by Crippen LogP contribution is 2.33. The summed E-state index contributed by atoms with van der Waals surface area (Å²) >= 11 is 0. The van der Waals surface area contributed by atoms with Gasteiger partial charge >= 0.3 is 0 Å². The molecule has 1 heterocycles. The van der Waals surface area contributed by atoms with Crippen LogP contribution >= 0.6 is 0 Å². The quantitative estimate of drug-likeness (QED) is 0.492. The fraction of sp³-hybridized carbons (Fsp3) is 0.308. The smallest absolute Gasteiger partial charge is 0.123 e. The number of hydrogen-bond donors (Lipinski definition) is 4. The summed E-state index contributed by atoms with van der Waals surface area (Å²) < 4.78 is 18.9. The third-order valence-corrected chi connectivity index (χ3v) is 6.12. The molecule has 0 spiro atoms. The Morgan fingerprint density at radius 1 is 0.812 bits per heavy atom. The first-order valence-electron chi connectivity index (χ1n) is 10.6. The number of aliphatic hydroxyl groups is 4. The summed E-state index contributed by atoms with van der Waals surface area (Å²) in [5, 5.41) is 40.0. The normalized spacial score (nSPS) is 25.6. The molecule has 1 saturated heterocycles. The van der Waals surface area contributed by atoms with Crippen LogP contribution in [-0.4, -0.2) is 51.4 Å². The molecule has 5 atom stereocenters. The van der Waals surface area contributed by atoms with E-state index < -0.39 is 37.1 Å². The molecule has 0 saturated carbocycles. The Balaban J connectivity index is 1.55. The average molecular weight is 438 g/mol. The second-order valence-electron chi connectivity index (χ2n) is 8.32. The van der Waals surface area contributed by atoms with Crippen molar-refractivity contribution >= 4 is 0 Å². The number of hydrogen-bond acceptors (Lipinski definition) is 5. The molecule has 0 aromatic heterocycles. The van der Waals surface area contributed by atoms with E-state index in [0.717, 1.165) is 27.8 Å². The van der Waals surface area contributed by atoms with Gasteiger partial charge < -0.3 is 25.2 Å². The molecule has 3 aromatic rings. The lowest BCUT2D eigenvalue weighted by Crippen LogP contribution is -2.55. The molecule has 168 valence electrons. The van der Waals surface area contributed by atoms with Gasteiger partial charge in [-0.3, -0.25) is 0 Å². The first-order chi connectivity index (χ1) is 15.4. The van der Waals surface area contributed by atoms with E-state index in [4.69, 9.17) is 4.74 Å². The number of benzene rings is 3. The highest BCUT2D eigenvalue weighted by molar-refractivity contribution is 5.63. The van der Waals surface area contributed by atoms with E-state index in [1.807, 2.05) is 49.4 Å². The van der Waals surface area contributed by atoms with Gasteiger partial charge in [0.1, 0.15) is 36.3 Å². The van der Waals surface area contributed by atoms with Crippen LogP contribution in [0.25, 0.3) is 11.1 Å². The first-order valence-corrected chi connectivity index (χ1v) is 10.6. The molecule has 0 bridgehead atoms. The third-order valence-electron chi connectivity index (χ3n) is 6.12. The van der Waals surface area contributed by atoms with Gasteiger partial charge in [-0.2, -0.15) is 0 Å².